The Morgan fingerprint density at radius 1 is 1.16 bits per heavy atom. The summed E-state index contributed by atoms with van der Waals surface area (Å²) in [5, 5.41) is 26.0. The molecule has 4 aromatic rings. The van der Waals surface area contributed by atoms with Gasteiger partial charge >= 0.3 is 0 Å². The van der Waals surface area contributed by atoms with Crippen molar-refractivity contribution in [3.63, 3.8) is 0 Å². The summed E-state index contributed by atoms with van der Waals surface area (Å²) in [4.78, 5) is 12.8. The van der Waals surface area contributed by atoms with Crippen LogP contribution in [0.2, 0.25) is 0 Å². The average molecular weight is 418 g/mol. The van der Waals surface area contributed by atoms with Gasteiger partial charge in [0.1, 0.15) is 48.2 Å². The fourth-order valence-electron chi connectivity index (χ4n) is 3.92. The number of benzene rings is 1. The van der Waals surface area contributed by atoms with Crippen LogP contribution < -0.4 is 15.8 Å². The Morgan fingerprint density at radius 2 is 2.00 bits per heavy atom. The van der Waals surface area contributed by atoms with Crippen molar-refractivity contribution in [1.82, 2.24) is 19.5 Å². The van der Waals surface area contributed by atoms with Crippen LogP contribution in [0.5, 0.6) is 5.75 Å². The number of nitrogen functional groups attached to an aromatic ring is 1. The summed E-state index contributed by atoms with van der Waals surface area (Å²) in [6.07, 6.45) is 2.90. The first-order valence-electron chi connectivity index (χ1n) is 9.90. The normalized spacial score (nSPS) is 20.9. The maximum absolute atomic E-state index is 10.7. The van der Waals surface area contributed by atoms with E-state index in [1.807, 2.05) is 43.5 Å². The fraction of sp³-hybridized carbons (Fsp3) is 0.227. The van der Waals surface area contributed by atoms with E-state index in [0.29, 0.717) is 28.2 Å². The topological polar surface area (TPSA) is 131 Å². The molecule has 0 unspecified atom stereocenters. The predicted octanol–water partition coefficient (Wildman–Crippen LogP) is 1.89. The Bertz CT molecular complexity index is 1300. The molecule has 1 aromatic carbocycles. The lowest BCUT2D eigenvalue weighted by Gasteiger charge is -2.19. The number of fused-ring (bicyclic) bond motifs is 2. The van der Waals surface area contributed by atoms with E-state index in [9.17, 15) is 10.2 Å². The Hall–Kier alpha value is -3.69. The molecule has 31 heavy (non-hydrogen) atoms. The summed E-state index contributed by atoms with van der Waals surface area (Å²) in [6.45, 7) is 0.141. The molecule has 0 radical (unpaired) electrons. The van der Waals surface area contributed by atoms with Crippen molar-refractivity contribution in [2.24, 2.45) is 0 Å². The van der Waals surface area contributed by atoms with Crippen molar-refractivity contribution in [1.29, 1.82) is 0 Å². The first-order valence-corrected chi connectivity index (χ1v) is 9.90. The summed E-state index contributed by atoms with van der Waals surface area (Å²) >= 11 is 0. The monoisotopic (exact) mass is 418 g/mol. The van der Waals surface area contributed by atoms with Crippen molar-refractivity contribution >= 4 is 33.6 Å². The van der Waals surface area contributed by atoms with Crippen LogP contribution in [-0.4, -0.2) is 55.6 Å². The SMILES string of the molecule is CNc1ccc2ccc(OCC3=C[C@@H](n4ccc5c(N)ncnc54)[C@H](O)[C@@H]3O)cc2n1. The van der Waals surface area contributed by atoms with Gasteiger partial charge in [0.15, 0.2) is 0 Å². The lowest BCUT2D eigenvalue weighted by atomic mass is 10.1. The zero-order valence-electron chi connectivity index (χ0n) is 16.8. The van der Waals surface area contributed by atoms with Gasteiger partial charge in [0.05, 0.1) is 16.9 Å². The van der Waals surface area contributed by atoms with Crippen molar-refractivity contribution in [3.8, 4) is 5.75 Å². The minimum Gasteiger partial charge on any atom is -0.489 e. The van der Waals surface area contributed by atoms with E-state index < -0.39 is 18.2 Å². The molecule has 3 aromatic heterocycles. The van der Waals surface area contributed by atoms with Crippen LogP contribution in [0.3, 0.4) is 0 Å². The van der Waals surface area contributed by atoms with Gasteiger partial charge in [-0.1, -0.05) is 6.08 Å². The number of nitrogens with one attached hydrogen (secondary N) is 1. The van der Waals surface area contributed by atoms with Crippen LogP contribution in [-0.2, 0) is 0 Å². The minimum atomic E-state index is -1.05. The highest BCUT2D eigenvalue weighted by Crippen LogP contribution is 2.33. The van der Waals surface area contributed by atoms with Crippen molar-refractivity contribution in [3.05, 3.63) is 60.6 Å². The molecule has 158 valence electrons. The van der Waals surface area contributed by atoms with E-state index in [-0.39, 0.29) is 6.61 Å². The van der Waals surface area contributed by atoms with Gasteiger partial charge in [-0.2, -0.15) is 0 Å². The number of aliphatic hydroxyl groups is 2. The third-order valence-electron chi connectivity index (χ3n) is 5.62. The van der Waals surface area contributed by atoms with Crippen LogP contribution in [0.4, 0.5) is 11.6 Å². The van der Waals surface area contributed by atoms with Gasteiger partial charge in [-0.15, -0.1) is 0 Å². The maximum Gasteiger partial charge on any atom is 0.146 e. The molecular weight excluding hydrogens is 396 g/mol. The molecule has 9 heteroatoms. The second-order valence-corrected chi connectivity index (χ2v) is 7.48. The van der Waals surface area contributed by atoms with Crippen LogP contribution in [0.15, 0.2) is 60.6 Å². The number of anilines is 2. The van der Waals surface area contributed by atoms with Crippen LogP contribution in [0, 0.1) is 0 Å². The molecule has 0 aliphatic heterocycles. The first kappa shape index (κ1) is 19.3. The number of aliphatic hydroxyl groups excluding tert-OH is 2. The number of hydrogen-bond acceptors (Lipinski definition) is 8. The second-order valence-electron chi connectivity index (χ2n) is 7.48. The first-order chi connectivity index (χ1) is 15.0. The Balaban J connectivity index is 1.39. The molecular formula is C22H22N6O3. The third-order valence-corrected chi connectivity index (χ3v) is 5.62. The number of nitrogens with zero attached hydrogens (tertiary/aromatic N) is 4. The zero-order valence-corrected chi connectivity index (χ0v) is 16.8. The highest BCUT2D eigenvalue weighted by Gasteiger charge is 2.36. The molecule has 0 saturated carbocycles. The van der Waals surface area contributed by atoms with Crippen LogP contribution in [0.25, 0.3) is 21.9 Å². The molecule has 0 saturated heterocycles. The van der Waals surface area contributed by atoms with E-state index in [1.165, 1.54) is 6.33 Å². The van der Waals surface area contributed by atoms with Gasteiger partial charge in [-0.25, -0.2) is 15.0 Å². The molecule has 9 nitrogen and oxygen atoms in total. The second kappa shape index (κ2) is 7.53. The molecule has 1 aliphatic carbocycles. The van der Waals surface area contributed by atoms with Gasteiger partial charge in [0, 0.05) is 24.7 Å². The van der Waals surface area contributed by atoms with Crippen molar-refractivity contribution in [2.45, 2.75) is 18.2 Å². The molecule has 0 amide bonds. The van der Waals surface area contributed by atoms with E-state index in [1.54, 1.807) is 16.8 Å². The van der Waals surface area contributed by atoms with Gasteiger partial charge in [0.2, 0.25) is 0 Å². The minimum absolute atomic E-state index is 0.141. The lowest BCUT2D eigenvalue weighted by Crippen LogP contribution is -2.30. The fourth-order valence-corrected chi connectivity index (χ4v) is 3.92. The smallest absolute Gasteiger partial charge is 0.146 e. The number of ether oxygens (including phenoxy) is 1. The average Bonchev–Trinajstić information content (AvgIpc) is 3.34. The largest absolute Gasteiger partial charge is 0.489 e. The quantitative estimate of drug-likeness (QED) is 0.361. The van der Waals surface area contributed by atoms with E-state index >= 15 is 0 Å². The molecule has 5 N–H and O–H groups in total. The summed E-state index contributed by atoms with van der Waals surface area (Å²) < 4.78 is 7.69. The molecule has 3 atom stereocenters. The molecule has 0 spiro atoms. The Labute approximate surface area is 177 Å². The van der Waals surface area contributed by atoms with Gasteiger partial charge in [-0.05, 0) is 35.9 Å². The number of hydrogen-bond donors (Lipinski definition) is 4. The Kier molecular flexibility index (Phi) is 4.68. The molecule has 0 bridgehead atoms. The predicted molar refractivity (Wildman–Crippen MR) is 118 cm³/mol. The van der Waals surface area contributed by atoms with Gasteiger partial charge < -0.3 is 30.6 Å². The molecule has 0 fully saturated rings. The Morgan fingerprint density at radius 3 is 2.84 bits per heavy atom. The summed E-state index contributed by atoms with van der Waals surface area (Å²) in [5.41, 5.74) is 7.91. The highest BCUT2D eigenvalue weighted by molar-refractivity contribution is 5.86. The lowest BCUT2D eigenvalue weighted by molar-refractivity contribution is 0.0295. The summed E-state index contributed by atoms with van der Waals surface area (Å²) in [6, 6.07) is 10.9. The number of aromatic nitrogens is 4. The standard InChI is InChI=1S/C22H22N6O3/c1-24-18-5-3-12-2-4-14(9-16(12)27-18)31-10-13-8-17(20(30)19(13)29)28-7-6-15-21(23)25-11-26-22(15)28/h2-9,11,17,19-20,29-30H,10H2,1H3,(H,24,27)(H2,23,25,26)/t17-,19-,20+/m1/s1. The molecule has 1 aliphatic rings. The maximum atomic E-state index is 10.7. The molecule has 3 heterocycles. The van der Waals surface area contributed by atoms with Crippen molar-refractivity contribution < 1.29 is 14.9 Å². The highest BCUT2D eigenvalue weighted by atomic mass is 16.5. The van der Waals surface area contributed by atoms with Crippen LogP contribution >= 0.6 is 0 Å². The molecule has 5 rings (SSSR count). The van der Waals surface area contributed by atoms with Crippen molar-refractivity contribution in [2.75, 3.05) is 24.7 Å². The van der Waals surface area contributed by atoms with E-state index in [2.05, 4.69) is 20.3 Å². The van der Waals surface area contributed by atoms with Crippen LogP contribution in [0.1, 0.15) is 6.04 Å². The van der Waals surface area contributed by atoms with E-state index in [4.69, 9.17) is 10.5 Å². The van der Waals surface area contributed by atoms with Gasteiger partial charge in [0.25, 0.3) is 0 Å². The van der Waals surface area contributed by atoms with E-state index in [0.717, 1.165) is 16.7 Å². The number of rotatable bonds is 5. The zero-order chi connectivity index (χ0) is 21.5. The third kappa shape index (κ3) is 3.33. The van der Waals surface area contributed by atoms with Gasteiger partial charge in [-0.3, -0.25) is 0 Å². The summed E-state index contributed by atoms with van der Waals surface area (Å²) in [5.74, 6) is 1.77. The summed E-state index contributed by atoms with van der Waals surface area (Å²) in [7, 11) is 1.82. The number of nitrogens with two attached hydrogens (primary N) is 1. The number of pyridine rings is 1.